The lowest BCUT2D eigenvalue weighted by Gasteiger charge is -2.31. The topological polar surface area (TPSA) is 6.48 Å². The van der Waals surface area contributed by atoms with Crippen molar-refractivity contribution in [3.05, 3.63) is 36.3 Å². The van der Waals surface area contributed by atoms with Crippen molar-refractivity contribution in [2.24, 2.45) is 0 Å². The summed E-state index contributed by atoms with van der Waals surface area (Å²) in [4.78, 5) is 4.50. The normalized spacial score (nSPS) is 20.7. The van der Waals surface area contributed by atoms with E-state index in [0.29, 0.717) is 0 Å². The van der Waals surface area contributed by atoms with Crippen molar-refractivity contribution in [2.45, 2.75) is 6.92 Å². The van der Waals surface area contributed by atoms with Crippen LogP contribution in [0.3, 0.4) is 0 Å². The van der Waals surface area contributed by atoms with E-state index in [0.717, 1.165) is 26.2 Å². The second-order valence-electron chi connectivity index (χ2n) is 3.73. The monoisotopic (exact) mass is 210 g/mol. The molecule has 1 heterocycles. The summed E-state index contributed by atoms with van der Waals surface area (Å²) in [6.07, 6.45) is 8.35. The van der Waals surface area contributed by atoms with Crippen molar-refractivity contribution >= 4 is 0 Å². The molecule has 0 spiro atoms. The standard InChI is InChI=1S/C12H19FN2/c1-3-5-12(13)6-4-7-15-10-8-14(2)9-11-15/h3-7H,8-11H2,1-2H3/b5-3-,7-4+,12-6+. The lowest BCUT2D eigenvalue weighted by molar-refractivity contribution is 0.198. The number of nitrogens with zero attached hydrogens (tertiary/aromatic N) is 2. The van der Waals surface area contributed by atoms with Crippen molar-refractivity contribution in [1.29, 1.82) is 0 Å². The quantitative estimate of drug-likeness (QED) is 0.659. The summed E-state index contributed by atoms with van der Waals surface area (Å²) >= 11 is 0. The molecule has 0 radical (unpaired) electrons. The molecule has 0 aliphatic carbocycles. The Kier molecular flexibility index (Phi) is 5.12. The van der Waals surface area contributed by atoms with Gasteiger partial charge in [-0.25, -0.2) is 4.39 Å². The Morgan fingerprint density at radius 2 is 1.87 bits per heavy atom. The summed E-state index contributed by atoms with van der Waals surface area (Å²) < 4.78 is 12.9. The van der Waals surface area contributed by atoms with Crippen LogP contribution >= 0.6 is 0 Å². The highest BCUT2D eigenvalue weighted by Gasteiger charge is 2.09. The van der Waals surface area contributed by atoms with Gasteiger partial charge in [0.25, 0.3) is 0 Å². The molecule has 0 bridgehead atoms. The van der Waals surface area contributed by atoms with Crippen LogP contribution in [-0.4, -0.2) is 43.0 Å². The zero-order valence-electron chi connectivity index (χ0n) is 9.49. The van der Waals surface area contributed by atoms with Crippen LogP contribution in [0.2, 0.25) is 0 Å². The summed E-state index contributed by atoms with van der Waals surface area (Å²) in [5.74, 6) is -0.206. The third-order valence-electron chi connectivity index (χ3n) is 2.42. The van der Waals surface area contributed by atoms with E-state index in [1.54, 1.807) is 19.1 Å². The smallest absolute Gasteiger partial charge is 0.122 e. The Balaban J connectivity index is 2.35. The fourth-order valence-electron chi connectivity index (χ4n) is 1.44. The van der Waals surface area contributed by atoms with Crippen molar-refractivity contribution in [3.8, 4) is 0 Å². The van der Waals surface area contributed by atoms with E-state index in [1.165, 1.54) is 12.2 Å². The second-order valence-corrected chi connectivity index (χ2v) is 3.73. The molecule has 0 N–H and O–H groups in total. The summed E-state index contributed by atoms with van der Waals surface area (Å²) in [6.45, 7) is 5.99. The third-order valence-corrected chi connectivity index (χ3v) is 2.42. The second kappa shape index (κ2) is 6.40. The minimum atomic E-state index is -0.206. The largest absolute Gasteiger partial charge is 0.375 e. The number of rotatable bonds is 3. The fraction of sp³-hybridized carbons (Fsp3) is 0.500. The van der Waals surface area contributed by atoms with Gasteiger partial charge in [-0.05, 0) is 38.4 Å². The average Bonchev–Trinajstić information content (AvgIpc) is 2.21. The van der Waals surface area contributed by atoms with Crippen molar-refractivity contribution in [3.63, 3.8) is 0 Å². The van der Waals surface area contributed by atoms with Crippen LogP contribution in [0.15, 0.2) is 36.3 Å². The Morgan fingerprint density at radius 1 is 1.20 bits per heavy atom. The minimum Gasteiger partial charge on any atom is -0.375 e. The van der Waals surface area contributed by atoms with Gasteiger partial charge < -0.3 is 9.80 Å². The molecule has 0 aromatic rings. The van der Waals surface area contributed by atoms with Gasteiger partial charge in [-0.2, -0.15) is 0 Å². The summed E-state index contributed by atoms with van der Waals surface area (Å²) in [5, 5.41) is 0. The van der Waals surface area contributed by atoms with Gasteiger partial charge in [0.15, 0.2) is 0 Å². The van der Waals surface area contributed by atoms with Crippen LogP contribution in [-0.2, 0) is 0 Å². The molecule has 1 aliphatic heterocycles. The van der Waals surface area contributed by atoms with Gasteiger partial charge in [0.05, 0.1) is 0 Å². The SMILES string of the molecule is C\C=C/C(F)=C\C=C\N1CCN(C)CC1. The van der Waals surface area contributed by atoms with Crippen molar-refractivity contribution < 1.29 is 4.39 Å². The molecule has 0 atom stereocenters. The summed E-state index contributed by atoms with van der Waals surface area (Å²) in [6, 6.07) is 0. The highest BCUT2D eigenvalue weighted by Crippen LogP contribution is 2.02. The van der Waals surface area contributed by atoms with Crippen LogP contribution in [0.4, 0.5) is 4.39 Å². The number of likely N-dealkylation sites (N-methyl/N-ethyl adjacent to an activating group) is 1. The third kappa shape index (κ3) is 4.79. The van der Waals surface area contributed by atoms with Gasteiger partial charge in [0, 0.05) is 26.2 Å². The van der Waals surface area contributed by atoms with Gasteiger partial charge in [-0.15, -0.1) is 0 Å². The number of allylic oxidation sites excluding steroid dienone is 5. The number of piperazine rings is 1. The molecule has 0 unspecified atom stereocenters. The molecular weight excluding hydrogens is 191 g/mol. The lowest BCUT2D eigenvalue weighted by Crippen LogP contribution is -2.41. The molecule has 2 nitrogen and oxygen atoms in total. The van der Waals surface area contributed by atoms with Crippen molar-refractivity contribution in [2.75, 3.05) is 33.2 Å². The minimum absolute atomic E-state index is 0.206. The molecule has 0 aromatic heterocycles. The van der Waals surface area contributed by atoms with Crippen LogP contribution in [0, 0.1) is 0 Å². The maximum absolute atomic E-state index is 12.9. The average molecular weight is 210 g/mol. The van der Waals surface area contributed by atoms with Crippen LogP contribution < -0.4 is 0 Å². The van der Waals surface area contributed by atoms with E-state index in [2.05, 4.69) is 16.8 Å². The van der Waals surface area contributed by atoms with E-state index in [1.807, 2.05) is 6.20 Å². The predicted molar refractivity (Wildman–Crippen MR) is 62.2 cm³/mol. The van der Waals surface area contributed by atoms with E-state index in [-0.39, 0.29) is 5.83 Å². The maximum Gasteiger partial charge on any atom is 0.122 e. The molecule has 1 fully saturated rings. The van der Waals surface area contributed by atoms with Gasteiger partial charge in [-0.1, -0.05) is 6.08 Å². The number of halogens is 1. The molecular formula is C12H19FN2. The Labute approximate surface area is 91.4 Å². The maximum atomic E-state index is 12.9. The van der Waals surface area contributed by atoms with E-state index in [4.69, 9.17) is 0 Å². The van der Waals surface area contributed by atoms with E-state index in [9.17, 15) is 4.39 Å². The number of hydrogen-bond acceptors (Lipinski definition) is 2. The fourth-order valence-corrected chi connectivity index (χ4v) is 1.44. The predicted octanol–water partition coefficient (Wildman–Crippen LogP) is 2.18. The molecule has 1 aliphatic rings. The molecule has 0 aromatic carbocycles. The first-order valence-electron chi connectivity index (χ1n) is 5.31. The van der Waals surface area contributed by atoms with Gasteiger partial charge in [-0.3, -0.25) is 0 Å². The Bertz CT molecular complexity index is 261. The van der Waals surface area contributed by atoms with Gasteiger partial charge in [0.1, 0.15) is 5.83 Å². The molecule has 15 heavy (non-hydrogen) atoms. The summed E-state index contributed by atoms with van der Waals surface area (Å²) in [7, 11) is 2.12. The highest BCUT2D eigenvalue weighted by atomic mass is 19.1. The number of hydrogen-bond donors (Lipinski definition) is 0. The van der Waals surface area contributed by atoms with Crippen LogP contribution in [0.5, 0.6) is 0 Å². The van der Waals surface area contributed by atoms with E-state index >= 15 is 0 Å². The van der Waals surface area contributed by atoms with Crippen molar-refractivity contribution in [1.82, 2.24) is 9.80 Å². The Morgan fingerprint density at radius 3 is 2.47 bits per heavy atom. The highest BCUT2D eigenvalue weighted by molar-refractivity contribution is 5.16. The van der Waals surface area contributed by atoms with Crippen LogP contribution in [0.1, 0.15) is 6.92 Å². The molecule has 3 heteroatoms. The first kappa shape index (κ1) is 12.0. The molecule has 0 saturated carbocycles. The molecule has 1 rings (SSSR count). The summed E-state index contributed by atoms with van der Waals surface area (Å²) in [5.41, 5.74) is 0. The zero-order valence-corrected chi connectivity index (χ0v) is 9.49. The zero-order chi connectivity index (χ0) is 11.1. The molecule has 84 valence electrons. The Hall–Kier alpha value is -1.09. The first-order valence-corrected chi connectivity index (χ1v) is 5.31. The molecule has 0 amide bonds. The lowest BCUT2D eigenvalue weighted by atomic mass is 10.3. The first-order chi connectivity index (χ1) is 7.22. The van der Waals surface area contributed by atoms with Gasteiger partial charge in [0.2, 0.25) is 0 Å². The van der Waals surface area contributed by atoms with Gasteiger partial charge >= 0.3 is 0 Å². The molecule has 1 saturated heterocycles. The van der Waals surface area contributed by atoms with E-state index < -0.39 is 0 Å². The van der Waals surface area contributed by atoms with Crippen LogP contribution in [0.25, 0.3) is 0 Å².